The molecule has 3 aliphatic rings. The third kappa shape index (κ3) is 4.99. The summed E-state index contributed by atoms with van der Waals surface area (Å²) >= 11 is 1.91. The van der Waals surface area contributed by atoms with Crippen LogP contribution in [0.15, 0.2) is 137 Å². The molecule has 2 aliphatic heterocycles. The van der Waals surface area contributed by atoms with Crippen molar-refractivity contribution >= 4 is 39.6 Å². The zero-order valence-electron chi connectivity index (χ0n) is 24.6. The molecule has 5 aromatic rings. The first-order valence-corrected chi connectivity index (χ1v) is 16.3. The van der Waals surface area contributed by atoms with E-state index in [2.05, 4.69) is 150 Å². The lowest BCUT2D eigenvalue weighted by molar-refractivity contribution is 0.283. The van der Waals surface area contributed by atoms with E-state index in [1.165, 1.54) is 43.6 Å². The van der Waals surface area contributed by atoms with Crippen molar-refractivity contribution in [3.8, 4) is 0 Å². The zero-order valence-corrected chi connectivity index (χ0v) is 25.4. The summed E-state index contributed by atoms with van der Waals surface area (Å²) in [7, 11) is 2.07. The molecule has 0 saturated carbocycles. The van der Waals surface area contributed by atoms with Crippen molar-refractivity contribution < 1.29 is 0 Å². The van der Waals surface area contributed by atoms with Gasteiger partial charge in [0.1, 0.15) is 23.5 Å². The van der Waals surface area contributed by atoms with Gasteiger partial charge in [-0.15, -0.1) is 0 Å². The molecule has 6 heteroatoms. The highest BCUT2D eigenvalue weighted by molar-refractivity contribution is 8.00. The van der Waals surface area contributed by atoms with Crippen LogP contribution in [-0.4, -0.2) is 25.1 Å². The van der Waals surface area contributed by atoms with Crippen LogP contribution in [0.2, 0.25) is 0 Å². The van der Waals surface area contributed by atoms with E-state index < -0.39 is 0 Å². The Kier molecular flexibility index (Phi) is 7.18. The Hall–Kier alpha value is -4.36. The molecule has 0 spiro atoms. The van der Waals surface area contributed by atoms with Gasteiger partial charge in [-0.1, -0.05) is 127 Å². The summed E-state index contributed by atoms with van der Waals surface area (Å²) in [5.74, 6) is 1.27. The molecule has 44 heavy (non-hydrogen) atoms. The highest BCUT2D eigenvalue weighted by atomic mass is 32.2. The lowest BCUT2D eigenvalue weighted by atomic mass is 9.74. The van der Waals surface area contributed by atoms with Crippen LogP contribution in [0.4, 0.5) is 5.69 Å². The number of hydrogen-bond donors (Lipinski definition) is 4. The molecule has 0 fully saturated rings. The highest BCUT2D eigenvalue weighted by Crippen LogP contribution is 2.50. The summed E-state index contributed by atoms with van der Waals surface area (Å²) in [4.78, 5) is 6.58. The van der Waals surface area contributed by atoms with Gasteiger partial charge in [0.15, 0.2) is 0 Å². The second-order valence-corrected chi connectivity index (χ2v) is 12.8. The van der Waals surface area contributed by atoms with E-state index in [9.17, 15) is 0 Å². The van der Waals surface area contributed by atoms with Crippen molar-refractivity contribution in [3.63, 3.8) is 0 Å². The maximum Gasteiger partial charge on any atom is 0.131 e. The number of likely N-dealkylation sites (N-methyl/N-ethyl adjacent to an activating group) is 1. The van der Waals surface area contributed by atoms with Gasteiger partial charge in [-0.05, 0) is 58.6 Å². The number of nitrogens with zero attached hydrogens (tertiary/aromatic N) is 1. The van der Waals surface area contributed by atoms with Crippen LogP contribution in [0.5, 0.6) is 0 Å². The molecule has 5 unspecified atom stereocenters. The summed E-state index contributed by atoms with van der Waals surface area (Å²) < 4.78 is 0. The van der Waals surface area contributed by atoms with Crippen molar-refractivity contribution in [1.29, 1.82) is 0 Å². The standard InChI is InChI=1S/C38H35N5S/c1-39-33(37-42-35(24-11-5-2-6-12-24)41-36(43-37)25-13-7-3-8-14-25)31-21-20-29(31)27-17-19-30-28(23-27)18-22-32-34(30)44-38(40-32)26-15-9-4-10-16-26/h2-20,22-23,31,33,35,37-40,42H,21H2,1H3,(H,41,43). The molecule has 218 valence electrons. The molecule has 0 radical (unpaired) electrons. The summed E-state index contributed by atoms with van der Waals surface area (Å²) in [5.41, 5.74) is 7.51. The van der Waals surface area contributed by atoms with Crippen LogP contribution in [0.3, 0.4) is 0 Å². The molecule has 0 bridgehead atoms. The van der Waals surface area contributed by atoms with Gasteiger partial charge in [0, 0.05) is 28.1 Å². The fraction of sp³-hybridized carbons (Fsp3) is 0.184. The third-order valence-electron chi connectivity index (χ3n) is 9.09. The first-order chi connectivity index (χ1) is 21.7. The Morgan fingerprint density at radius 1 is 0.773 bits per heavy atom. The summed E-state index contributed by atoms with van der Waals surface area (Å²) in [6.07, 6.45) is 3.28. The van der Waals surface area contributed by atoms with Gasteiger partial charge in [-0.25, -0.2) is 4.99 Å². The van der Waals surface area contributed by atoms with Crippen molar-refractivity contribution in [2.75, 3.05) is 12.4 Å². The van der Waals surface area contributed by atoms with Crippen molar-refractivity contribution in [2.45, 2.75) is 35.1 Å². The van der Waals surface area contributed by atoms with Gasteiger partial charge in [-0.3, -0.25) is 5.32 Å². The van der Waals surface area contributed by atoms with Gasteiger partial charge >= 0.3 is 0 Å². The molecule has 4 N–H and O–H groups in total. The average Bonchev–Trinajstić information content (AvgIpc) is 3.53. The van der Waals surface area contributed by atoms with Gasteiger partial charge in [0.05, 0.1) is 0 Å². The Bertz CT molecular complexity index is 1850. The number of fused-ring (bicyclic) bond motifs is 3. The number of benzene rings is 5. The molecule has 8 rings (SSSR count). The Labute approximate surface area is 262 Å². The second kappa shape index (κ2) is 11.6. The quantitative estimate of drug-likeness (QED) is 0.156. The Balaban J connectivity index is 1.07. The molecule has 0 saturated heterocycles. The average molecular weight is 594 g/mol. The highest BCUT2D eigenvalue weighted by Gasteiger charge is 2.38. The van der Waals surface area contributed by atoms with Crippen LogP contribution < -0.4 is 21.3 Å². The summed E-state index contributed by atoms with van der Waals surface area (Å²) in [5, 5.41) is 17.7. The molecule has 1 aliphatic carbocycles. The number of amidine groups is 1. The number of hydrogen-bond acceptors (Lipinski definition) is 6. The number of anilines is 1. The van der Waals surface area contributed by atoms with E-state index in [-0.39, 0.29) is 23.7 Å². The maximum absolute atomic E-state index is 5.25. The van der Waals surface area contributed by atoms with E-state index in [4.69, 9.17) is 4.99 Å². The SMILES string of the molecule is CNC(C1N=C(c2ccccc2)NC(c2ccccc2)N1)C1CC=C1c1ccc2c3c(ccc2c1)NC(c1ccccc1)S3. The van der Waals surface area contributed by atoms with Gasteiger partial charge in [-0.2, -0.15) is 0 Å². The molecule has 2 heterocycles. The molecule has 5 nitrogen and oxygen atoms in total. The van der Waals surface area contributed by atoms with E-state index in [1.54, 1.807) is 0 Å². The van der Waals surface area contributed by atoms with E-state index in [0.717, 1.165) is 17.8 Å². The van der Waals surface area contributed by atoms with Crippen LogP contribution >= 0.6 is 11.8 Å². The first-order valence-electron chi connectivity index (χ1n) is 15.4. The fourth-order valence-electron chi connectivity index (χ4n) is 6.74. The van der Waals surface area contributed by atoms with Crippen LogP contribution in [0.25, 0.3) is 16.3 Å². The number of thioether (sulfide) groups is 1. The molecular weight excluding hydrogens is 559 g/mol. The minimum absolute atomic E-state index is 0.0363. The smallest absolute Gasteiger partial charge is 0.131 e. The summed E-state index contributed by atoms with van der Waals surface area (Å²) in [6.45, 7) is 0. The second-order valence-electron chi connectivity index (χ2n) is 11.7. The lowest BCUT2D eigenvalue weighted by Gasteiger charge is -2.41. The van der Waals surface area contributed by atoms with Crippen LogP contribution in [0.1, 0.15) is 40.2 Å². The first kappa shape index (κ1) is 27.2. The van der Waals surface area contributed by atoms with Crippen molar-refractivity contribution in [1.82, 2.24) is 16.0 Å². The van der Waals surface area contributed by atoms with Gasteiger partial charge in [0.2, 0.25) is 0 Å². The number of aliphatic imine (C=N–C) groups is 1. The fourth-order valence-corrected chi connectivity index (χ4v) is 8.02. The van der Waals surface area contributed by atoms with E-state index in [0.29, 0.717) is 5.92 Å². The zero-order chi connectivity index (χ0) is 29.5. The van der Waals surface area contributed by atoms with E-state index >= 15 is 0 Å². The molecule has 5 aromatic carbocycles. The predicted molar refractivity (Wildman–Crippen MR) is 184 cm³/mol. The number of nitrogens with one attached hydrogen (secondary N) is 4. The Morgan fingerprint density at radius 2 is 1.50 bits per heavy atom. The Morgan fingerprint density at radius 3 is 2.20 bits per heavy atom. The van der Waals surface area contributed by atoms with E-state index in [1.807, 2.05) is 17.8 Å². The summed E-state index contributed by atoms with van der Waals surface area (Å²) in [6, 6.07) is 43.4. The normalized spacial score (nSPS) is 23.0. The largest absolute Gasteiger partial charge is 0.368 e. The number of rotatable bonds is 7. The third-order valence-corrected chi connectivity index (χ3v) is 10.4. The molecule has 5 atom stereocenters. The predicted octanol–water partition coefficient (Wildman–Crippen LogP) is 7.71. The van der Waals surface area contributed by atoms with Crippen molar-refractivity contribution in [2.24, 2.45) is 10.9 Å². The minimum Gasteiger partial charge on any atom is -0.368 e. The lowest BCUT2D eigenvalue weighted by Crippen LogP contribution is -2.58. The molecule has 0 aromatic heterocycles. The van der Waals surface area contributed by atoms with Crippen LogP contribution in [-0.2, 0) is 0 Å². The molecule has 0 amide bonds. The van der Waals surface area contributed by atoms with Crippen molar-refractivity contribution in [3.05, 3.63) is 150 Å². The van der Waals surface area contributed by atoms with Gasteiger partial charge < -0.3 is 16.0 Å². The minimum atomic E-state index is -0.100. The molecular formula is C38H35N5S. The topological polar surface area (TPSA) is 60.5 Å². The van der Waals surface area contributed by atoms with Crippen LogP contribution in [0, 0.1) is 5.92 Å². The number of allylic oxidation sites excluding steroid dienone is 1. The maximum atomic E-state index is 5.25. The van der Waals surface area contributed by atoms with Gasteiger partial charge in [0.25, 0.3) is 0 Å². The monoisotopic (exact) mass is 593 g/mol.